The van der Waals surface area contributed by atoms with Crippen molar-refractivity contribution < 1.29 is 24.0 Å². The number of piperazine rings is 1. The van der Waals surface area contributed by atoms with Gasteiger partial charge in [0, 0.05) is 6.54 Å². The van der Waals surface area contributed by atoms with Crippen molar-refractivity contribution in [1.82, 2.24) is 19.9 Å². The Bertz CT molecular complexity index is 777. The van der Waals surface area contributed by atoms with Crippen molar-refractivity contribution in [2.45, 2.75) is 32.9 Å². The highest BCUT2D eigenvalue weighted by Crippen LogP contribution is 2.16. The van der Waals surface area contributed by atoms with Crippen LogP contribution in [0.2, 0.25) is 0 Å². The summed E-state index contributed by atoms with van der Waals surface area (Å²) in [6, 6.07) is 9.39. The van der Waals surface area contributed by atoms with E-state index in [-0.39, 0.29) is 31.4 Å². The summed E-state index contributed by atoms with van der Waals surface area (Å²) in [6.07, 6.45) is 0.732. The van der Waals surface area contributed by atoms with Crippen LogP contribution in [-0.2, 0) is 27.3 Å². The molecule has 1 fully saturated rings. The van der Waals surface area contributed by atoms with Crippen LogP contribution in [0.1, 0.15) is 24.2 Å². The molecule has 2 aromatic rings. The lowest BCUT2D eigenvalue weighted by Crippen LogP contribution is -2.58. The van der Waals surface area contributed by atoms with Crippen molar-refractivity contribution in [1.29, 1.82) is 0 Å². The Morgan fingerprint density at radius 3 is 2.56 bits per heavy atom. The van der Waals surface area contributed by atoms with Gasteiger partial charge in [0.2, 0.25) is 17.7 Å². The van der Waals surface area contributed by atoms with Gasteiger partial charge in [-0.15, -0.1) is 0 Å². The fraction of sp³-hybridized carbons (Fsp3) is 0.389. The van der Waals surface area contributed by atoms with E-state index in [9.17, 15) is 9.59 Å². The lowest BCUT2D eigenvalue weighted by molar-refractivity contribution is -0.156. The quantitative estimate of drug-likeness (QED) is 0.772. The van der Waals surface area contributed by atoms with Gasteiger partial charge in [-0.25, -0.2) is 0 Å². The van der Waals surface area contributed by atoms with Crippen molar-refractivity contribution in [3.8, 4) is 0 Å². The van der Waals surface area contributed by atoms with Crippen LogP contribution in [-0.4, -0.2) is 62.5 Å². The smallest absolute Gasteiger partial charge is 0.290 e. The molecule has 1 aliphatic rings. The summed E-state index contributed by atoms with van der Waals surface area (Å²) < 4.78 is 5.05. The molecule has 2 heterocycles. The molecule has 0 bridgehead atoms. The molecule has 0 radical (unpaired) electrons. The number of carbonyl (C=O) groups excluding carboxylic acids is 2. The predicted molar refractivity (Wildman–Crippen MR) is 94.5 cm³/mol. The molecule has 1 saturated heterocycles. The molecule has 0 saturated carbocycles. The highest BCUT2D eigenvalue weighted by Gasteiger charge is 2.36. The highest BCUT2D eigenvalue weighted by molar-refractivity contribution is 5.94. The number of rotatable bonds is 5. The summed E-state index contributed by atoms with van der Waals surface area (Å²) in [4.78, 5) is 40.6. The van der Waals surface area contributed by atoms with Gasteiger partial charge >= 0.3 is 0 Å². The van der Waals surface area contributed by atoms with Crippen molar-refractivity contribution in [3.63, 3.8) is 0 Å². The van der Waals surface area contributed by atoms with Gasteiger partial charge in [0.15, 0.2) is 5.82 Å². The maximum absolute atomic E-state index is 12.6. The Morgan fingerprint density at radius 2 is 1.96 bits per heavy atom. The number of aryl methyl sites for hydroxylation is 1. The van der Waals surface area contributed by atoms with Gasteiger partial charge in [-0.2, -0.15) is 4.98 Å². The largest absolute Gasteiger partial charge is 0.483 e. The van der Waals surface area contributed by atoms with E-state index in [1.54, 1.807) is 18.7 Å². The van der Waals surface area contributed by atoms with Gasteiger partial charge < -0.3 is 19.4 Å². The van der Waals surface area contributed by atoms with E-state index >= 15 is 0 Å². The first-order valence-electron chi connectivity index (χ1n) is 8.45. The standard InChI is InChI=1S/C17H20N4O3.CH2O2/c1-12-17(23)20(9-8-14-6-4-3-5-7-14)11-16(22)21(12)10-15-18-13(2)19-24-15;2-1-3/h3-7,12H,8-11H2,1-2H3;1H,(H,2,3)/t12-;/m1./s1. The molecule has 0 unspecified atom stereocenters. The van der Waals surface area contributed by atoms with Gasteiger partial charge in [-0.3, -0.25) is 14.4 Å². The van der Waals surface area contributed by atoms with Gasteiger partial charge in [-0.1, -0.05) is 35.5 Å². The number of hydrogen-bond donors (Lipinski definition) is 1. The average molecular weight is 374 g/mol. The molecule has 1 atom stereocenters. The van der Waals surface area contributed by atoms with Crippen LogP contribution < -0.4 is 0 Å². The van der Waals surface area contributed by atoms with Crippen LogP contribution in [0.5, 0.6) is 0 Å². The zero-order chi connectivity index (χ0) is 19.8. The predicted octanol–water partition coefficient (Wildman–Crippen LogP) is 0.881. The molecular formula is C18H22N4O5. The maximum Gasteiger partial charge on any atom is 0.290 e. The topological polar surface area (TPSA) is 117 Å². The molecule has 1 aliphatic heterocycles. The Labute approximate surface area is 156 Å². The summed E-state index contributed by atoms with van der Waals surface area (Å²) in [5.74, 6) is 0.698. The maximum atomic E-state index is 12.6. The van der Waals surface area contributed by atoms with Crippen LogP contribution in [0.15, 0.2) is 34.9 Å². The van der Waals surface area contributed by atoms with Crippen LogP contribution in [0.25, 0.3) is 0 Å². The van der Waals surface area contributed by atoms with Crippen molar-refractivity contribution in [2.75, 3.05) is 13.1 Å². The minimum Gasteiger partial charge on any atom is -0.483 e. The first-order chi connectivity index (χ1) is 13.0. The monoisotopic (exact) mass is 374 g/mol. The van der Waals surface area contributed by atoms with Gasteiger partial charge in [-0.05, 0) is 25.8 Å². The molecule has 0 spiro atoms. The van der Waals surface area contributed by atoms with E-state index in [2.05, 4.69) is 10.1 Å². The van der Waals surface area contributed by atoms with Crippen LogP contribution in [0, 0.1) is 6.92 Å². The normalized spacial score (nSPS) is 16.7. The summed E-state index contributed by atoms with van der Waals surface area (Å²) in [6.45, 7) is 3.98. The fourth-order valence-electron chi connectivity index (χ4n) is 2.82. The number of benzene rings is 1. The fourth-order valence-corrected chi connectivity index (χ4v) is 2.82. The molecule has 27 heavy (non-hydrogen) atoms. The molecule has 1 aromatic carbocycles. The number of aromatic nitrogens is 2. The molecule has 3 rings (SSSR count). The van der Waals surface area contributed by atoms with Gasteiger partial charge in [0.1, 0.15) is 12.6 Å². The molecule has 0 aliphatic carbocycles. The average Bonchev–Trinajstić information content (AvgIpc) is 3.07. The second-order valence-corrected chi connectivity index (χ2v) is 6.03. The minimum atomic E-state index is -0.533. The van der Waals surface area contributed by atoms with E-state index in [0.717, 1.165) is 12.0 Å². The number of hydrogen-bond acceptors (Lipinski definition) is 6. The zero-order valence-corrected chi connectivity index (χ0v) is 15.2. The number of carbonyl (C=O) groups is 3. The van der Waals surface area contributed by atoms with Gasteiger partial charge in [0.25, 0.3) is 6.47 Å². The highest BCUT2D eigenvalue weighted by atomic mass is 16.5. The van der Waals surface area contributed by atoms with Crippen molar-refractivity contribution in [3.05, 3.63) is 47.6 Å². The van der Waals surface area contributed by atoms with E-state index in [1.807, 2.05) is 30.3 Å². The second kappa shape index (κ2) is 9.46. The second-order valence-electron chi connectivity index (χ2n) is 6.03. The van der Waals surface area contributed by atoms with Crippen LogP contribution >= 0.6 is 0 Å². The third-order valence-corrected chi connectivity index (χ3v) is 4.17. The molecule has 9 nitrogen and oxygen atoms in total. The Morgan fingerprint density at radius 1 is 1.30 bits per heavy atom. The van der Waals surface area contributed by atoms with Crippen molar-refractivity contribution >= 4 is 18.3 Å². The SMILES string of the molecule is Cc1noc(CN2C(=O)CN(CCc3ccccc3)C(=O)[C@H]2C)n1.O=CO. The van der Waals surface area contributed by atoms with Crippen LogP contribution in [0.3, 0.4) is 0 Å². The first kappa shape index (κ1) is 20.1. The zero-order valence-electron chi connectivity index (χ0n) is 15.2. The Balaban J connectivity index is 0.000000817. The first-order valence-corrected chi connectivity index (χ1v) is 8.45. The molecule has 2 amide bonds. The molecule has 1 aromatic heterocycles. The van der Waals surface area contributed by atoms with E-state index < -0.39 is 6.04 Å². The summed E-state index contributed by atoms with van der Waals surface area (Å²) >= 11 is 0. The third kappa shape index (κ3) is 5.37. The Hall–Kier alpha value is -3.23. The van der Waals surface area contributed by atoms with Crippen LogP contribution in [0.4, 0.5) is 0 Å². The minimum absolute atomic E-state index is 0.0539. The lowest BCUT2D eigenvalue weighted by Gasteiger charge is -2.38. The van der Waals surface area contributed by atoms with E-state index in [4.69, 9.17) is 14.4 Å². The molecule has 1 N–H and O–H groups in total. The summed E-state index contributed by atoms with van der Waals surface area (Å²) in [5.41, 5.74) is 1.15. The van der Waals surface area contributed by atoms with E-state index in [0.29, 0.717) is 18.3 Å². The number of nitrogens with zero attached hydrogens (tertiary/aromatic N) is 4. The Kier molecular flexibility index (Phi) is 7.04. The number of amides is 2. The molecule has 144 valence electrons. The molecular weight excluding hydrogens is 352 g/mol. The number of carboxylic acid groups (broad SMARTS) is 1. The van der Waals surface area contributed by atoms with E-state index in [1.165, 1.54) is 4.90 Å². The van der Waals surface area contributed by atoms with Crippen molar-refractivity contribution in [2.24, 2.45) is 0 Å². The van der Waals surface area contributed by atoms with Gasteiger partial charge in [0.05, 0.1) is 6.54 Å². The lowest BCUT2D eigenvalue weighted by atomic mass is 10.1. The summed E-state index contributed by atoms with van der Waals surface area (Å²) in [5, 5.41) is 10.6. The summed E-state index contributed by atoms with van der Waals surface area (Å²) in [7, 11) is 0. The molecule has 9 heteroatoms. The third-order valence-electron chi connectivity index (χ3n) is 4.17.